The molecule has 0 radical (unpaired) electrons. The Labute approximate surface area is 141 Å². The van der Waals surface area contributed by atoms with Gasteiger partial charge in [-0.1, -0.05) is 25.3 Å². The number of aliphatic imine (C=N–C) groups is 1. The lowest BCUT2D eigenvalue weighted by Crippen LogP contribution is -2.49. The molecule has 23 heavy (non-hydrogen) atoms. The molecule has 1 saturated carbocycles. The van der Waals surface area contributed by atoms with E-state index >= 15 is 0 Å². The van der Waals surface area contributed by atoms with Crippen LogP contribution in [0.5, 0.6) is 0 Å². The number of nitrogens with one attached hydrogen (secondary N) is 2. The maximum absolute atomic E-state index is 10.6. The Balaban J connectivity index is 1.83. The minimum absolute atomic E-state index is 0.467. The van der Waals surface area contributed by atoms with E-state index in [0.29, 0.717) is 12.6 Å². The Kier molecular flexibility index (Phi) is 7.37. The molecule has 2 rings (SSSR count). The van der Waals surface area contributed by atoms with Gasteiger partial charge in [-0.15, -0.1) is 6.58 Å². The second-order valence-corrected chi connectivity index (χ2v) is 6.99. The first kappa shape index (κ1) is 18.3. The van der Waals surface area contributed by atoms with Crippen LogP contribution in [0.15, 0.2) is 17.6 Å². The van der Waals surface area contributed by atoms with Gasteiger partial charge < -0.3 is 15.7 Å². The molecule has 5 nitrogen and oxygen atoms in total. The molecule has 0 aromatic carbocycles. The Morgan fingerprint density at radius 1 is 1.30 bits per heavy atom. The molecule has 1 heterocycles. The molecular weight excluding hydrogens is 288 g/mol. The highest BCUT2D eigenvalue weighted by Gasteiger charge is 2.29. The van der Waals surface area contributed by atoms with E-state index in [0.717, 1.165) is 70.7 Å². The van der Waals surface area contributed by atoms with Crippen molar-refractivity contribution in [3.63, 3.8) is 0 Å². The highest BCUT2D eigenvalue weighted by Crippen LogP contribution is 2.28. The van der Waals surface area contributed by atoms with Gasteiger partial charge in [0.05, 0.1) is 12.1 Å². The van der Waals surface area contributed by atoms with Gasteiger partial charge in [-0.2, -0.15) is 0 Å². The zero-order chi connectivity index (χ0) is 16.5. The zero-order valence-electron chi connectivity index (χ0n) is 14.7. The van der Waals surface area contributed by atoms with E-state index in [1.54, 1.807) is 0 Å². The van der Waals surface area contributed by atoms with Crippen molar-refractivity contribution in [3.05, 3.63) is 12.7 Å². The number of aliphatic hydroxyl groups is 1. The molecule has 2 fully saturated rings. The quantitative estimate of drug-likeness (QED) is 0.397. The Bertz CT molecular complexity index is 382. The number of guanidine groups is 1. The number of piperidine rings is 1. The third-order valence-electron chi connectivity index (χ3n) is 4.98. The summed E-state index contributed by atoms with van der Waals surface area (Å²) in [6.45, 7) is 10.4. The summed E-state index contributed by atoms with van der Waals surface area (Å²) >= 11 is 0. The smallest absolute Gasteiger partial charge is 0.191 e. The average Bonchev–Trinajstić information content (AvgIpc) is 2.56. The number of likely N-dealkylation sites (tertiary alicyclic amines) is 1. The van der Waals surface area contributed by atoms with Crippen molar-refractivity contribution in [3.8, 4) is 0 Å². The van der Waals surface area contributed by atoms with Crippen molar-refractivity contribution < 1.29 is 5.11 Å². The fourth-order valence-electron chi connectivity index (χ4n) is 3.55. The first-order valence-corrected chi connectivity index (χ1v) is 9.26. The lowest BCUT2D eigenvalue weighted by Gasteiger charge is -2.33. The van der Waals surface area contributed by atoms with Crippen molar-refractivity contribution in [1.82, 2.24) is 15.5 Å². The van der Waals surface area contributed by atoms with Crippen LogP contribution in [-0.2, 0) is 0 Å². The molecule has 1 aliphatic carbocycles. The monoisotopic (exact) mass is 322 g/mol. The summed E-state index contributed by atoms with van der Waals surface area (Å²) in [6, 6.07) is 0.467. The lowest BCUT2D eigenvalue weighted by atomic mass is 9.85. The van der Waals surface area contributed by atoms with Gasteiger partial charge in [0.1, 0.15) is 0 Å². The molecule has 1 aliphatic heterocycles. The molecule has 0 unspecified atom stereocenters. The van der Waals surface area contributed by atoms with Crippen LogP contribution in [0.3, 0.4) is 0 Å². The number of hydrogen-bond donors (Lipinski definition) is 3. The van der Waals surface area contributed by atoms with E-state index in [2.05, 4.69) is 34.0 Å². The summed E-state index contributed by atoms with van der Waals surface area (Å²) in [7, 11) is 0. The second kappa shape index (κ2) is 9.28. The van der Waals surface area contributed by atoms with Crippen LogP contribution in [-0.4, -0.2) is 60.3 Å². The highest BCUT2D eigenvalue weighted by atomic mass is 16.3. The Hall–Kier alpha value is -1.07. The SMILES string of the molecule is C=CCN1CCC(NC(=NCC2(O)CCCCC2)NCC)CC1. The number of nitrogens with zero attached hydrogens (tertiary/aromatic N) is 2. The van der Waals surface area contributed by atoms with Crippen LogP contribution in [0, 0.1) is 0 Å². The third kappa shape index (κ3) is 6.15. The van der Waals surface area contributed by atoms with Crippen molar-refractivity contribution in [2.24, 2.45) is 4.99 Å². The minimum Gasteiger partial charge on any atom is -0.388 e. The fourth-order valence-corrected chi connectivity index (χ4v) is 3.55. The first-order valence-electron chi connectivity index (χ1n) is 9.26. The van der Waals surface area contributed by atoms with Gasteiger partial charge in [-0.05, 0) is 32.6 Å². The van der Waals surface area contributed by atoms with Gasteiger partial charge in [-0.3, -0.25) is 9.89 Å². The topological polar surface area (TPSA) is 59.9 Å². The van der Waals surface area contributed by atoms with Gasteiger partial charge in [0, 0.05) is 32.2 Å². The third-order valence-corrected chi connectivity index (χ3v) is 4.98. The number of rotatable bonds is 6. The van der Waals surface area contributed by atoms with Crippen LogP contribution in [0.2, 0.25) is 0 Å². The predicted molar refractivity (Wildman–Crippen MR) is 96.8 cm³/mol. The summed E-state index contributed by atoms with van der Waals surface area (Å²) < 4.78 is 0. The van der Waals surface area contributed by atoms with Gasteiger partial charge in [0.2, 0.25) is 0 Å². The molecule has 132 valence electrons. The average molecular weight is 322 g/mol. The highest BCUT2D eigenvalue weighted by molar-refractivity contribution is 5.80. The minimum atomic E-state index is -0.589. The molecule has 0 spiro atoms. The largest absolute Gasteiger partial charge is 0.388 e. The second-order valence-electron chi connectivity index (χ2n) is 6.99. The molecular formula is C18H34N4O. The molecule has 0 bridgehead atoms. The van der Waals surface area contributed by atoms with Crippen molar-refractivity contribution in [1.29, 1.82) is 0 Å². The Morgan fingerprint density at radius 2 is 2.00 bits per heavy atom. The predicted octanol–water partition coefficient (Wildman–Crippen LogP) is 1.89. The van der Waals surface area contributed by atoms with E-state index in [9.17, 15) is 5.11 Å². The summed E-state index contributed by atoms with van der Waals surface area (Å²) in [6.07, 6.45) is 9.49. The maximum atomic E-state index is 10.6. The van der Waals surface area contributed by atoms with Gasteiger partial charge >= 0.3 is 0 Å². The van der Waals surface area contributed by atoms with Crippen LogP contribution in [0.4, 0.5) is 0 Å². The molecule has 0 amide bonds. The van der Waals surface area contributed by atoms with Crippen molar-refractivity contribution in [2.75, 3.05) is 32.7 Å². The van der Waals surface area contributed by atoms with Crippen LogP contribution in [0.1, 0.15) is 51.9 Å². The van der Waals surface area contributed by atoms with Crippen molar-refractivity contribution >= 4 is 5.96 Å². The van der Waals surface area contributed by atoms with Crippen LogP contribution >= 0.6 is 0 Å². The summed E-state index contributed by atoms with van der Waals surface area (Å²) in [4.78, 5) is 7.10. The lowest BCUT2D eigenvalue weighted by molar-refractivity contribution is 0.0131. The van der Waals surface area contributed by atoms with Gasteiger partial charge in [0.25, 0.3) is 0 Å². The molecule has 0 aromatic heterocycles. The number of hydrogen-bond acceptors (Lipinski definition) is 3. The normalized spacial score (nSPS) is 23.5. The summed E-state index contributed by atoms with van der Waals surface area (Å²) in [5.74, 6) is 0.855. The summed E-state index contributed by atoms with van der Waals surface area (Å²) in [5.41, 5.74) is -0.589. The first-order chi connectivity index (χ1) is 11.1. The van der Waals surface area contributed by atoms with Gasteiger partial charge in [-0.25, -0.2) is 0 Å². The van der Waals surface area contributed by atoms with Crippen LogP contribution in [0.25, 0.3) is 0 Å². The Morgan fingerprint density at radius 3 is 2.61 bits per heavy atom. The molecule has 0 aromatic rings. The molecule has 3 N–H and O–H groups in total. The van der Waals surface area contributed by atoms with Crippen molar-refractivity contribution in [2.45, 2.75) is 63.5 Å². The van der Waals surface area contributed by atoms with E-state index in [4.69, 9.17) is 0 Å². The molecule has 2 aliphatic rings. The van der Waals surface area contributed by atoms with E-state index in [-0.39, 0.29) is 0 Å². The summed E-state index contributed by atoms with van der Waals surface area (Å²) in [5, 5.41) is 17.5. The molecule has 5 heteroatoms. The van der Waals surface area contributed by atoms with E-state index < -0.39 is 5.60 Å². The fraction of sp³-hybridized carbons (Fsp3) is 0.833. The van der Waals surface area contributed by atoms with Gasteiger partial charge in [0.15, 0.2) is 5.96 Å². The zero-order valence-corrected chi connectivity index (χ0v) is 14.7. The van der Waals surface area contributed by atoms with E-state index in [1.165, 1.54) is 6.42 Å². The van der Waals surface area contributed by atoms with E-state index in [1.807, 2.05) is 6.08 Å². The molecule has 1 saturated heterocycles. The standard InChI is InChI=1S/C18H34N4O/c1-3-12-22-13-8-16(9-14-22)21-17(19-4-2)20-15-18(23)10-6-5-7-11-18/h3,16,23H,1,4-15H2,2H3,(H2,19,20,21). The van der Waals surface area contributed by atoms with Crippen LogP contribution < -0.4 is 10.6 Å². The maximum Gasteiger partial charge on any atom is 0.191 e. The molecule has 0 atom stereocenters.